The summed E-state index contributed by atoms with van der Waals surface area (Å²) in [5, 5.41) is 8.11. The topological polar surface area (TPSA) is 75.1 Å². The second-order valence-electron chi connectivity index (χ2n) is 6.70. The quantitative estimate of drug-likeness (QED) is 0.595. The summed E-state index contributed by atoms with van der Waals surface area (Å²) in [7, 11) is 0. The van der Waals surface area contributed by atoms with Gasteiger partial charge in [-0.15, -0.1) is 0 Å². The predicted octanol–water partition coefficient (Wildman–Crippen LogP) is 3.48. The van der Waals surface area contributed by atoms with Crippen LogP contribution < -0.4 is 5.32 Å². The number of hydrogen-bond donors (Lipinski definition) is 2. The molecule has 4 heterocycles. The minimum Gasteiger partial charge on any atom is -0.346 e. The van der Waals surface area contributed by atoms with Crippen LogP contribution in [0.4, 0.5) is 10.2 Å². The number of carbonyl (C=O) groups is 1. The van der Waals surface area contributed by atoms with Gasteiger partial charge in [-0.2, -0.15) is 5.10 Å². The minimum atomic E-state index is -1.02. The second kappa shape index (κ2) is 5.39. The fraction of sp³-hybridized carbons (Fsp3) is 0.211. The first-order chi connectivity index (χ1) is 12.6. The van der Waals surface area contributed by atoms with Gasteiger partial charge in [0.15, 0.2) is 5.82 Å². The zero-order valence-electron chi connectivity index (χ0n) is 14.0. The van der Waals surface area contributed by atoms with Gasteiger partial charge < -0.3 is 10.3 Å². The summed E-state index contributed by atoms with van der Waals surface area (Å²) in [6.07, 6.45) is 4.87. The number of aryl methyl sites for hydroxylation is 1. The van der Waals surface area contributed by atoms with E-state index in [2.05, 4.69) is 27.3 Å². The molecule has 4 aromatic heterocycles. The number of aromatic amines is 1. The van der Waals surface area contributed by atoms with E-state index in [4.69, 9.17) is 0 Å². The molecule has 0 unspecified atom stereocenters. The molecule has 1 aliphatic rings. The molecule has 0 aromatic carbocycles. The number of H-pyrrole nitrogens is 1. The molecule has 2 N–H and O–H groups in total. The Labute approximate surface area is 148 Å². The van der Waals surface area contributed by atoms with E-state index in [0.717, 1.165) is 33.2 Å². The van der Waals surface area contributed by atoms with E-state index in [1.165, 1.54) is 0 Å². The Morgan fingerprint density at radius 3 is 3.04 bits per heavy atom. The predicted molar refractivity (Wildman–Crippen MR) is 96.6 cm³/mol. The lowest BCUT2D eigenvalue weighted by Gasteiger charge is -2.07. The van der Waals surface area contributed by atoms with Crippen LogP contribution in [0, 0.1) is 12.8 Å². The molecule has 0 bridgehead atoms. The molecule has 6 nitrogen and oxygen atoms in total. The summed E-state index contributed by atoms with van der Waals surface area (Å²) in [4.78, 5) is 19.5. The van der Waals surface area contributed by atoms with E-state index in [9.17, 15) is 9.18 Å². The molecule has 0 aliphatic heterocycles. The fourth-order valence-corrected chi connectivity index (χ4v) is 3.31. The van der Waals surface area contributed by atoms with Gasteiger partial charge in [0, 0.05) is 35.6 Å². The molecule has 1 fully saturated rings. The smallest absolute Gasteiger partial charge is 0.231 e. The van der Waals surface area contributed by atoms with Crippen LogP contribution in [0.3, 0.4) is 0 Å². The van der Waals surface area contributed by atoms with Crippen LogP contribution in [0.15, 0.2) is 42.9 Å². The van der Waals surface area contributed by atoms with Crippen LogP contribution in [0.25, 0.3) is 27.7 Å². The first kappa shape index (κ1) is 15.1. The minimum absolute atomic E-state index is 0.303. The third kappa shape index (κ3) is 2.35. The number of hydrogen-bond acceptors (Lipinski definition) is 3. The molecule has 5 rings (SSSR count). The van der Waals surface area contributed by atoms with Crippen molar-refractivity contribution in [1.82, 2.24) is 19.6 Å². The monoisotopic (exact) mass is 349 g/mol. The van der Waals surface area contributed by atoms with E-state index < -0.39 is 12.1 Å². The van der Waals surface area contributed by atoms with Crippen LogP contribution in [0.1, 0.15) is 12.0 Å². The molecule has 0 saturated heterocycles. The Morgan fingerprint density at radius 2 is 2.23 bits per heavy atom. The van der Waals surface area contributed by atoms with Gasteiger partial charge in [-0.25, -0.2) is 13.9 Å². The number of anilines is 1. The number of pyridine rings is 2. The standard InChI is InChI=1S/C19H16FN5O/c1-10-13-2-4-21-18(13)22-9-15(10)11-3-5-25-12(6-11)7-17(24-25)23-19(26)14-8-16(14)20/h2-7,9,14,16H,8H2,1H3,(H,21,22)(H,23,24,26)/t14-,16-/m1/s1. The molecule has 130 valence electrons. The van der Waals surface area contributed by atoms with Crippen molar-refractivity contribution in [3.63, 3.8) is 0 Å². The molecule has 26 heavy (non-hydrogen) atoms. The highest BCUT2D eigenvalue weighted by Gasteiger charge is 2.43. The number of nitrogens with zero attached hydrogens (tertiary/aromatic N) is 3. The van der Waals surface area contributed by atoms with Crippen LogP contribution in [-0.2, 0) is 4.79 Å². The maximum Gasteiger partial charge on any atom is 0.231 e. The third-order valence-electron chi connectivity index (χ3n) is 4.93. The van der Waals surface area contributed by atoms with Gasteiger partial charge in [-0.3, -0.25) is 4.79 Å². The summed E-state index contributed by atoms with van der Waals surface area (Å²) in [5.41, 5.74) is 4.93. The average molecular weight is 349 g/mol. The van der Waals surface area contributed by atoms with Crippen molar-refractivity contribution < 1.29 is 9.18 Å². The Kier molecular flexibility index (Phi) is 3.12. The number of rotatable bonds is 3. The lowest BCUT2D eigenvalue weighted by molar-refractivity contribution is -0.117. The van der Waals surface area contributed by atoms with E-state index in [1.807, 2.05) is 36.8 Å². The molecule has 4 aromatic rings. The number of halogens is 1. The Balaban J connectivity index is 1.50. The van der Waals surface area contributed by atoms with Crippen molar-refractivity contribution in [2.24, 2.45) is 5.92 Å². The molecule has 0 spiro atoms. The van der Waals surface area contributed by atoms with Crippen LogP contribution in [0.2, 0.25) is 0 Å². The first-order valence-corrected chi connectivity index (χ1v) is 8.47. The molecule has 0 radical (unpaired) electrons. The summed E-state index contributed by atoms with van der Waals surface area (Å²) in [6, 6.07) is 7.77. The van der Waals surface area contributed by atoms with Gasteiger partial charge in [0.05, 0.1) is 11.4 Å². The Bertz CT molecular complexity index is 1160. The zero-order chi connectivity index (χ0) is 17.8. The van der Waals surface area contributed by atoms with E-state index >= 15 is 0 Å². The first-order valence-electron chi connectivity index (χ1n) is 8.47. The second-order valence-corrected chi connectivity index (χ2v) is 6.70. The number of aromatic nitrogens is 4. The Hall–Kier alpha value is -3.22. The third-order valence-corrected chi connectivity index (χ3v) is 4.93. The maximum absolute atomic E-state index is 13.0. The number of alkyl halides is 1. The number of fused-ring (bicyclic) bond motifs is 2. The number of carbonyl (C=O) groups excluding carboxylic acids is 1. The van der Waals surface area contributed by atoms with Crippen LogP contribution >= 0.6 is 0 Å². The highest BCUT2D eigenvalue weighted by atomic mass is 19.1. The van der Waals surface area contributed by atoms with Crippen molar-refractivity contribution >= 4 is 28.3 Å². The summed E-state index contributed by atoms with van der Waals surface area (Å²) < 4.78 is 14.7. The lowest BCUT2D eigenvalue weighted by Crippen LogP contribution is -2.15. The van der Waals surface area contributed by atoms with Crippen molar-refractivity contribution in [2.75, 3.05) is 5.32 Å². The SMILES string of the molecule is Cc1c(-c2ccn3nc(NC(=O)[C@@H]4C[C@H]4F)cc3c2)cnc2[nH]ccc12. The summed E-state index contributed by atoms with van der Waals surface area (Å²) >= 11 is 0. The molecule has 1 amide bonds. The van der Waals surface area contributed by atoms with Crippen LogP contribution in [0.5, 0.6) is 0 Å². The van der Waals surface area contributed by atoms with Gasteiger partial charge in [0.2, 0.25) is 5.91 Å². The largest absolute Gasteiger partial charge is 0.346 e. The molecular weight excluding hydrogens is 333 g/mol. The highest BCUT2D eigenvalue weighted by Crippen LogP contribution is 2.35. The Morgan fingerprint density at radius 1 is 1.38 bits per heavy atom. The van der Waals surface area contributed by atoms with E-state index in [0.29, 0.717) is 12.2 Å². The van der Waals surface area contributed by atoms with Gasteiger partial charge in [0.25, 0.3) is 0 Å². The van der Waals surface area contributed by atoms with Gasteiger partial charge >= 0.3 is 0 Å². The molecule has 1 aliphatic carbocycles. The highest BCUT2D eigenvalue weighted by molar-refractivity contribution is 5.94. The number of nitrogens with one attached hydrogen (secondary N) is 2. The van der Waals surface area contributed by atoms with Gasteiger partial charge in [0.1, 0.15) is 11.8 Å². The fourth-order valence-electron chi connectivity index (χ4n) is 3.31. The summed E-state index contributed by atoms with van der Waals surface area (Å²) in [5.74, 6) is -0.404. The van der Waals surface area contributed by atoms with Crippen molar-refractivity contribution in [1.29, 1.82) is 0 Å². The molecule has 2 atom stereocenters. The van der Waals surface area contributed by atoms with Crippen molar-refractivity contribution in [2.45, 2.75) is 19.5 Å². The van der Waals surface area contributed by atoms with Gasteiger partial charge in [-0.05, 0) is 42.7 Å². The van der Waals surface area contributed by atoms with Crippen molar-refractivity contribution in [3.8, 4) is 11.1 Å². The summed E-state index contributed by atoms with van der Waals surface area (Å²) in [6.45, 7) is 2.07. The van der Waals surface area contributed by atoms with Gasteiger partial charge in [-0.1, -0.05) is 0 Å². The molecular formula is C19H16FN5O. The normalized spacial score (nSPS) is 19.2. The van der Waals surface area contributed by atoms with E-state index in [-0.39, 0.29) is 5.91 Å². The maximum atomic E-state index is 13.0. The van der Waals surface area contributed by atoms with Crippen molar-refractivity contribution in [3.05, 3.63) is 48.4 Å². The molecule has 7 heteroatoms. The van der Waals surface area contributed by atoms with E-state index in [1.54, 1.807) is 10.6 Å². The zero-order valence-corrected chi connectivity index (χ0v) is 14.0. The lowest BCUT2D eigenvalue weighted by atomic mass is 10.0. The molecule has 1 saturated carbocycles. The van der Waals surface area contributed by atoms with Crippen LogP contribution in [-0.4, -0.2) is 31.7 Å². The average Bonchev–Trinajstić information content (AvgIpc) is 3.03. The number of amides is 1.